The number of alkyl halides is 3. The maximum atomic E-state index is 13.2. The Balaban J connectivity index is 1.74. The molecule has 0 aliphatic rings. The van der Waals surface area contributed by atoms with Crippen molar-refractivity contribution in [2.45, 2.75) is 19.1 Å². The number of carbonyl (C=O) groups is 1. The Hall–Kier alpha value is -4.21. The zero-order valence-corrected chi connectivity index (χ0v) is 18.2. The lowest BCUT2D eigenvalue weighted by atomic mass is 10.1. The van der Waals surface area contributed by atoms with E-state index in [4.69, 9.17) is 0 Å². The molecule has 1 atom stereocenters. The fourth-order valence-electron chi connectivity index (χ4n) is 3.58. The Morgan fingerprint density at radius 3 is 2.44 bits per heavy atom. The van der Waals surface area contributed by atoms with Crippen molar-refractivity contribution in [2.75, 3.05) is 0 Å². The summed E-state index contributed by atoms with van der Waals surface area (Å²) in [6.07, 6.45) is -1.24. The second-order valence-electron chi connectivity index (χ2n) is 7.67. The molecule has 0 saturated carbocycles. The highest BCUT2D eigenvalue weighted by Crippen LogP contribution is 2.30. The third-order valence-corrected chi connectivity index (χ3v) is 5.27. The molecule has 0 bridgehead atoms. The van der Waals surface area contributed by atoms with Crippen molar-refractivity contribution in [1.29, 1.82) is 0 Å². The molecule has 1 amide bonds. The third kappa shape index (κ3) is 4.61. The van der Waals surface area contributed by atoms with Gasteiger partial charge >= 0.3 is 6.18 Å². The Kier molecular flexibility index (Phi) is 6.06. The Morgan fingerprint density at radius 1 is 1.06 bits per heavy atom. The summed E-state index contributed by atoms with van der Waals surface area (Å²) in [4.78, 5) is 30.1. The lowest BCUT2D eigenvalue weighted by Gasteiger charge is -2.19. The molecule has 2 aromatic carbocycles. The van der Waals surface area contributed by atoms with Gasteiger partial charge in [-0.25, -0.2) is 9.67 Å². The van der Waals surface area contributed by atoms with Crippen LogP contribution in [0.15, 0.2) is 77.9 Å². The number of nitrogens with zero attached hydrogens (tertiary/aromatic N) is 4. The average molecular weight is 467 g/mol. The van der Waals surface area contributed by atoms with Crippen LogP contribution in [0, 0.1) is 6.92 Å². The molecule has 2 aromatic heterocycles. The highest BCUT2D eigenvalue weighted by atomic mass is 19.4. The van der Waals surface area contributed by atoms with Gasteiger partial charge in [-0.1, -0.05) is 36.4 Å². The summed E-state index contributed by atoms with van der Waals surface area (Å²) >= 11 is 0. The van der Waals surface area contributed by atoms with E-state index in [0.717, 1.165) is 22.4 Å². The number of amides is 1. The number of carbonyl (C=O) groups excluding carboxylic acids is 1. The number of benzene rings is 2. The highest BCUT2D eigenvalue weighted by molar-refractivity contribution is 5.92. The van der Waals surface area contributed by atoms with Gasteiger partial charge < -0.3 is 9.88 Å². The first-order valence-corrected chi connectivity index (χ1v) is 10.3. The number of aryl methyl sites for hydroxylation is 2. The first-order chi connectivity index (χ1) is 16.1. The molecule has 2 heterocycles. The summed E-state index contributed by atoms with van der Waals surface area (Å²) in [5, 5.41) is 6.90. The molecule has 0 aliphatic carbocycles. The lowest BCUT2D eigenvalue weighted by molar-refractivity contribution is -0.137. The van der Waals surface area contributed by atoms with Gasteiger partial charge in [-0.2, -0.15) is 18.3 Å². The zero-order valence-electron chi connectivity index (χ0n) is 18.2. The summed E-state index contributed by atoms with van der Waals surface area (Å²) in [6.45, 7) is 1.52. The van der Waals surface area contributed by atoms with E-state index in [9.17, 15) is 22.8 Å². The molecule has 4 rings (SSSR count). The molecule has 34 heavy (non-hydrogen) atoms. The molecular formula is C24H20F3N5O2. The lowest BCUT2D eigenvalue weighted by Crippen LogP contribution is -2.36. The maximum absolute atomic E-state index is 13.2. The Labute approximate surface area is 192 Å². The highest BCUT2D eigenvalue weighted by Gasteiger charge is 2.31. The van der Waals surface area contributed by atoms with E-state index in [0.29, 0.717) is 5.82 Å². The van der Waals surface area contributed by atoms with Crippen molar-refractivity contribution < 1.29 is 18.0 Å². The third-order valence-electron chi connectivity index (χ3n) is 5.27. The standard InChI is InChI=1S/C24H20F3N5O2/c1-15-13-19(33)21(30-32(15)18-10-6-9-17(14-18)24(25,26)27)23(34)29-20(16-7-4-3-5-8-16)22-28-11-12-31(22)2/h3-14,20H,1-2H3,(H,29,34)/t20-/m1/s1. The topological polar surface area (TPSA) is 81.8 Å². The maximum Gasteiger partial charge on any atom is 0.416 e. The molecule has 174 valence electrons. The van der Waals surface area contributed by atoms with Gasteiger partial charge in [0.15, 0.2) is 5.69 Å². The van der Waals surface area contributed by atoms with Crippen LogP contribution in [0.1, 0.15) is 39.2 Å². The van der Waals surface area contributed by atoms with Gasteiger partial charge in [0.05, 0.1) is 11.3 Å². The summed E-state index contributed by atoms with van der Waals surface area (Å²) in [5.74, 6) is -0.243. The Morgan fingerprint density at radius 2 is 1.79 bits per heavy atom. The first-order valence-electron chi connectivity index (χ1n) is 10.3. The number of rotatable bonds is 5. The molecule has 0 aliphatic heterocycles. The smallest absolute Gasteiger partial charge is 0.336 e. The number of aromatic nitrogens is 4. The largest absolute Gasteiger partial charge is 0.416 e. The molecule has 10 heteroatoms. The minimum Gasteiger partial charge on any atom is -0.336 e. The summed E-state index contributed by atoms with van der Waals surface area (Å²) in [6, 6.07) is 14.1. The first kappa shape index (κ1) is 23.0. The average Bonchev–Trinajstić information content (AvgIpc) is 3.23. The van der Waals surface area contributed by atoms with Crippen LogP contribution in [0.25, 0.3) is 5.69 Å². The number of nitrogens with one attached hydrogen (secondary N) is 1. The molecule has 0 radical (unpaired) electrons. The predicted molar refractivity (Wildman–Crippen MR) is 119 cm³/mol. The summed E-state index contributed by atoms with van der Waals surface area (Å²) < 4.78 is 42.4. The number of hydrogen-bond acceptors (Lipinski definition) is 4. The summed E-state index contributed by atoms with van der Waals surface area (Å²) in [7, 11) is 1.77. The van der Waals surface area contributed by atoms with Gasteiger partial charge in [0.25, 0.3) is 5.91 Å². The molecule has 7 nitrogen and oxygen atoms in total. The molecule has 1 N–H and O–H groups in total. The van der Waals surface area contributed by atoms with E-state index in [-0.39, 0.29) is 11.4 Å². The van der Waals surface area contributed by atoms with Gasteiger partial charge in [-0.3, -0.25) is 9.59 Å². The number of halogens is 3. The van der Waals surface area contributed by atoms with E-state index in [1.165, 1.54) is 25.1 Å². The molecule has 0 saturated heterocycles. The van der Waals surface area contributed by atoms with Crippen LogP contribution >= 0.6 is 0 Å². The van der Waals surface area contributed by atoms with Gasteiger partial charge in [-0.15, -0.1) is 0 Å². The van der Waals surface area contributed by atoms with Crippen LogP contribution in [0.2, 0.25) is 0 Å². The number of imidazole rings is 1. The van der Waals surface area contributed by atoms with E-state index in [1.54, 1.807) is 24.0 Å². The Bertz CT molecular complexity index is 1390. The van der Waals surface area contributed by atoms with Crippen molar-refractivity contribution in [3.63, 3.8) is 0 Å². The van der Waals surface area contributed by atoms with Crippen molar-refractivity contribution in [3.05, 3.63) is 112 Å². The second-order valence-corrected chi connectivity index (χ2v) is 7.67. The zero-order chi connectivity index (χ0) is 24.5. The van der Waals surface area contributed by atoms with Crippen LogP contribution in [0.4, 0.5) is 13.2 Å². The normalized spacial score (nSPS) is 12.4. The van der Waals surface area contributed by atoms with Crippen molar-refractivity contribution in [1.82, 2.24) is 24.6 Å². The second kappa shape index (κ2) is 8.97. The van der Waals surface area contributed by atoms with Gasteiger partial charge in [-0.05, 0) is 30.7 Å². The fourth-order valence-corrected chi connectivity index (χ4v) is 3.58. The van der Waals surface area contributed by atoms with Crippen LogP contribution in [0.5, 0.6) is 0 Å². The predicted octanol–water partition coefficient (Wildman–Crippen LogP) is 3.81. The van der Waals surface area contributed by atoms with Crippen LogP contribution in [-0.2, 0) is 13.2 Å². The van der Waals surface area contributed by atoms with E-state index in [1.807, 2.05) is 30.3 Å². The van der Waals surface area contributed by atoms with Crippen LogP contribution in [-0.4, -0.2) is 25.2 Å². The molecule has 0 unspecified atom stereocenters. The summed E-state index contributed by atoms with van der Waals surface area (Å²) in [5.41, 5.74) is -0.872. The van der Waals surface area contributed by atoms with Gasteiger partial charge in [0.1, 0.15) is 11.9 Å². The minimum absolute atomic E-state index is 0.0742. The quantitative estimate of drug-likeness (QED) is 0.484. The van der Waals surface area contributed by atoms with Crippen LogP contribution in [0.3, 0.4) is 0 Å². The van der Waals surface area contributed by atoms with Crippen LogP contribution < -0.4 is 10.7 Å². The molecule has 0 spiro atoms. The van der Waals surface area contributed by atoms with Crippen molar-refractivity contribution >= 4 is 5.91 Å². The monoisotopic (exact) mass is 467 g/mol. The van der Waals surface area contributed by atoms with Crippen molar-refractivity contribution in [3.8, 4) is 5.69 Å². The van der Waals surface area contributed by atoms with Gasteiger partial charge in [0.2, 0.25) is 5.43 Å². The molecular weight excluding hydrogens is 447 g/mol. The number of hydrogen-bond donors (Lipinski definition) is 1. The van der Waals surface area contributed by atoms with E-state index >= 15 is 0 Å². The SMILES string of the molecule is Cc1cc(=O)c(C(=O)N[C@H](c2ccccc2)c2nccn2C)nn1-c1cccc(C(F)(F)F)c1. The van der Waals surface area contributed by atoms with Crippen molar-refractivity contribution in [2.24, 2.45) is 7.05 Å². The van der Waals surface area contributed by atoms with Gasteiger partial charge in [0, 0.05) is 31.2 Å². The minimum atomic E-state index is -4.55. The van der Waals surface area contributed by atoms with E-state index < -0.39 is 34.8 Å². The van der Waals surface area contributed by atoms with E-state index in [2.05, 4.69) is 15.4 Å². The fraction of sp³-hybridized carbons (Fsp3) is 0.167. The molecule has 4 aromatic rings. The molecule has 0 fully saturated rings.